The molecule has 1 aromatic heterocycles. The molecule has 2 heterocycles. The van der Waals surface area contributed by atoms with Gasteiger partial charge in [0.25, 0.3) is 0 Å². The highest BCUT2D eigenvalue weighted by molar-refractivity contribution is 6.30. The first-order valence-corrected chi connectivity index (χ1v) is 7.45. The summed E-state index contributed by atoms with van der Waals surface area (Å²) in [5.74, 6) is 0. The van der Waals surface area contributed by atoms with Crippen LogP contribution in [0.2, 0.25) is 5.02 Å². The SMILES string of the molecule is CC1COC(c2cccc(Cl)c2)CN1Cc1cncnc1. The van der Waals surface area contributed by atoms with Gasteiger partial charge in [0.1, 0.15) is 6.33 Å². The van der Waals surface area contributed by atoms with Gasteiger partial charge in [-0.25, -0.2) is 9.97 Å². The van der Waals surface area contributed by atoms with Crippen LogP contribution in [0.3, 0.4) is 0 Å². The number of morpholine rings is 1. The minimum absolute atomic E-state index is 0.0598. The van der Waals surface area contributed by atoms with E-state index >= 15 is 0 Å². The Morgan fingerprint density at radius 1 is 1.33 bits per heavy atom. The Hall–Kier alpha value is -1.49. The van der Waals surface area contributed by atoms with E-state index in [9.17, 15) is 0 Å². The fourth-order valence-electron chi connectivity index (χ4n) is 2.58. The summed E-state index contributed by atoms with van der Waals surface area (Å²) in [6.45, 7) is 4.57. The Bertz CT molecular complexity index is 593. The number of hydrogen-bond donors (Lipinski definition) is 0. The Kier molecular flexibility index (Phi) is 4.48. The molecule has 5 heteroatoms. The van der Waals surface area contributed by atoms with E-state index in [-0.39, 0.29) is 6.10 Å². The average molecular weight is 304 g/mol. The number of ether oxygens (including phenoxy) is 1. The zero-order valence-electron chi connectivity index (χ0n) is 11.9. The van der Waals surface area contributed by atoms with Gasteiger partial charge in [-0.2, -0.15) is 0 Å². The molecule has 110 valence electrons. The van der Waals surface area contributed by atoms with E-state index in [1.54, 1.807) is 6.33 Å². The van der Waals surface area contributed by atoms with Crippen molar-refractivity contribution in [3.05, 3.63) is 59.1 Å². The highest BCUT2D eigenvalue weighted by atomic mass is 35.5. The number of rotatable bonds is 3. The van der Waals surface area contributed by atoms with Gasteiger partial charge in [0.2, 0.25) is 0 Å². The molecule has 3 rings (SSSR count). The molecule has 0 N–H and O–H groups in total. The van der Waals surface area contributed by atoms with Crippen molar-refractivity contribution in [2.24, 2.45) is 0 Å². The van der Waals surface area contributed by atoms with Crippen LogP contribution in [0.15, 0.2) is 43.0 Å². The summed E-state index contributed by atoms with van der Waals surface area (Å²) in [5, 5.41) is 0.748. The molecule has 1 fully saturated rings. The Balaban J connectivity index is 1.72. The number of nitrogens with zero attached hydrogens (tertiary/aromatic N) is 3. The van der Waals surface area contributed by atoms with E-state index in [4.69, 9.17) is 16.3 Å². The minimum atomic E-state index is 0.0598. The molecule has 2 unspecified atom stereocenters. The monoisotopic (exact) mass is 303 g/mol. The number of benzene rings is 1. The van der Waals surface area contributed by atoms with E-state index in [1.165, 1.54) is 0 Å². The van der Waals surface area contributed by atoms with Crippen molar-refractivity contribution in [3.63, 3.8) is 0 Å². The second kappa shape index (κ2) is 6.52. The van der Waals surface area contributed by atoms with Crippen molar-refractivity contribution >= 4 is 11.6 Å². The van der Waals surface area contributed by atoms with Crippen LogP contribution in [0.5, 0.6) is 0 Å². The van der Waals surface area contributed by atoms with Crippen LogP contribution >= 0.6 is 11.6 Å². The molecule has 0 amide bonds. The summed E-state index contributed by atoms with van der Waals surface area (Å²) in [4.78, 5) is 10.6. The Morgan fingerprint density at radius 2 is 2.14 bits per heavy atom. The highest BCUT2D eigenvalue weighted by Crippen LogP contribution is 2.27. The van der Waals surface area contributed by atoms with Crippen LogP contribution in [-0.2, 0) is 11.3 Å². The number of hydrogen-bond acceptors (Lipinski definition) is 4. The van der Waals surface area contributed by atoms with Crippen molar-refractivity contribution in [1.29, 1.82) is 0 Å². The zero-order valence-corrected chi connectivity index (χ0v) is 12.7. The topological polar surface area (TPSA) is 38.2 Å². The quantitative estimate of drug-likeness (QED) is 0.873. The first-order chi connectivity index (χ1) is 10.2. The van der Waals surface area contributed by atoms with Crippen LogP contribution in [0, 0.1) is 0 Å². The van der Waals surface area contributed by atoms with E-state index < -0.39 is 0 Å². The van der Waals surface area contributed by atoms with Gasteiger partial charge in [-0.3, -0.25) is 4.90 Å². The lowest BCUT2D eigenvalue weighted by atomic mass is 10.1. The Morgan fingerprint density at radius 3 is 2.90 bits per heavy atom. The lowest BCUT2D eigenvalue weighted by Crippen LogP contribution is -2.44. The van der Waals surface area contributed by atoms with Crippen molar-refractivity contribution < 1.29 is 4.74 Å². The van der Waals surface area contributed by atoms with Crippen molar-refractivity contribution in [2.45, 2.75) is 25.6 Å². The number of halogens is 1. The fourth-order valence-corrected chi connectivity index (χ4v) is 2.78. The van der Waals surface area contributed by atoms with Gasteiger partial charge in [-0.15, -0.1) is 0 Å². The third-order valence-corrected chi connectivity index (χ3v) is 4.02. The average Bonchev–Trinajstić information content (AvgIpc) is 2.50. The molecule has 0 bridgehead atoms. The summed E-state index contributed by atoms with van der Waals surface area (Å²) >= 11 is 6.07. The lowest BCUT2D eigenvalue weighted by molar-refractivity contribution is -0.0633. The maximum atomic E-state index is 6.07. The third kappa shape index (κ3) is 3.59. The van der Waals surface area contributed by atoms with Crippen molar-refractivity contribution in [2.75, 3.05) is 13.2 Å². The summed E-state index contributed by atoms with van der Waals surface area (Å²) in [5.41, 5.74) is 2.25. The van der Waals surface area contributed by atoms with Gasteiger partial charge in [-0.1, -0.05) is 23.7 Å². The molecular formula is C16H18ClN3O. The predicted octanol–water partition coefficient (Wildman–Crippen LogP) is 3.09. The largest absolute Gasteiger partial charge is 0.371 e. The standard InChI is InChI=1S/C16H18ClN3O/c1-12-10-21-16(14-3-2-4-15(17)5-14)9-20(12)8-13-6-18-11-19-7-13/h2-7,11-12,16H,8-10H2,1H3. The predicted molar refractivity (Wildman–Crippen MR) is 82.0 cm³/mol. The molecule has 0 aliphatic carbocycles. The maximum Gasteiger partial charge on any atom is 0.115 e. The van der Waals surface area contributed by atoms with Crippen LogP contribution in [0.1, 0.15) is 24.2 Å². The molecule has 0 saturated carbocycles. The third-order valence-electron chi connectivity index (χ3n) is 3.78. The number of aromatic nitrogens is 2. The molecule has 1 aliphatic heterocycles. The molecule has 4 nitrogen and oxygen atoms in total. The lowest BCUT2D eigenvalue weighted by Gasteiger charge is -2.38. The molecule has 1 saturated heterocycles. The minimum Gasteiger partial charge on any atom is -0.371 e. The normalized spacial score (nSPS) is 23.1. The molecule has 1 aliphatic rings. The van der Waals surface area contributed by atoms with Crippen LogP contribution in [0.4, 0.5) is 0 Å². The van der Waals surface area contributed by atoms with Gasteiger partial charge in [0, 0.05) is 42.1 Å². The van der Waals surface area contributed by atoms with Gasteiger partial charge in [0.15, 0.2) is 0 Å². The summed E-state index contributed by atoms with van der Waals surface area (Å²) < 4.78 is 5.97. The zero-order chi connectivity index (χ0) is 14.7. The molecule has 2 aromatic rings. The van der Waals surface area contributed by atoms with Crippen LogP contribution < -0.4 is 0 Å². The molecular weight excluding hydrogens is 286 g/mol. The Labute approximate surface area is 129 Å². The summed E-state index contributed by atoms with van der Waals surface area (Å²) in [7, 11) is 0. The second-order valence-corrected chi connectivity index (χ2v) is 5.84. The van der Waals surface area contributed by atoms with Gasteiger partial charge in [-0.05, 0) is 24.6 Å². The molecule has 21 heavy (non-hydrogen) atoms. The van der Waals surface area contributed by atoms with E-state index in [2.05, 4.69) is 27.9 Å². The molecule has 2 atom stereocenters. The summed E-state index contributed by atoms with van der Waals surface area (Å²) in [6, 6.07) is 8.27. The van der Waals surface area contributed by atoms with Gasteiger partial charge >= 0.3 is 0 Å². The molecule has 0 radical (unpaired) electrons. The van der Waals surface area contributed by atoms with Crippen LogP contribution in [0.25, 0.3) is 0 Å². The fraction of sp³-hybridized carbons (Fsp3) is 0.375. The molecule has 1 aromatic carbocycles. The van der Waals surface area contributed by atoms with E-state index in [0.29, 0.717) is 12.6 Å². The highest BCUT2D eigenvalue weighted by Gasteiger charge is 2.27. The second-order valence-electron chi connectivity index (χ2n) is 5.40. The maximum absolute atomic E-state index is 6.07. The molecule has 0 spiro atoms. The van der Waals surface area contributed by atoms with Gasteiger partial charge in [0.05, 0.1) is 12.7 Å². The summed E-state index contributed by atoms with van der Waals surface area (Å²) in [6.07, 6.45) is 5.35. The van der Waals surface area contributed by atoms with Gasteiger partial charge < -0.3 is 4.74 Å². The van der Waals surface area contributed by atoms with E-state index in [0.717, 1.165) is 29.2 Å². The van der Waals surface area contributed by atoms with Crippen molar-refractivity contribution in [3.8, 4) is 0 Å². The smallest absolute Gasteiger partial charge is 0.115 e. The van der Waals surface area contributed by atoms with Crippen molar-refractivity contribution in [1.82, 2.24) is 14.9 Å². The first-order valence-electron chi connectivity index (χ1n) is 7.07. The van der Waals surface area contributed by atoms with E-state index in [1.807, 2.05) is 30.6 Å². The first kappa shape index (κ1) is 14.4. The van der Waals surface area contributed by atoms with Crippen LogP contribution in [-0.4, -0.2) is 34.1 Å².